The van der Waals surface area contributed by atoms with E-state index in [9.17, 15) is 0 Å². The van der Waals surface area contributed by atoms with Gasteiger partial charge in [-0.1, -0.05) is 71.8 Å². The second-order valence-corrected chi connectivity index (χ2v) is 7.05. The Labute approximate surface area is 165 Å². The van der Waals surface area contributed by atoms with Gasteiger partial charge in [-0.15, -0.1) is 0 Å². The highest BCUT2D eigenvalue weighted by atomic mass is 14.7. The van der Waals surface area contributed by atoms with Crippen LogP contribution in [0.15, 0.2) is 73.1 Å². The summed E-state index contributed by atoms with van der Waals surface area (Å²) in [5, 5.41) is 2.18. The Morgan fingerprint density at radius 2 is 0.929 bits per heavy atom. The molecule has 2 aromatic heterocycles. The molecule has 2 nitrogen and oxygen atoms in total. The van der Waals surface area contributed by atoms with Crippen LogP contribution in [0.1, 0.15) is 33.6 Å². The Kier molecular flexibility index (Phi) is 5.11. The molecule has 0 fully saturated rings. The lowest BCUT2D eigenvalue weighted by atomic mass is 10.1. The summed E-state index contributed by atoms with van der Waals surface area (Å²) in [6, 6.07) is 21.0. The Morgan fingerprint density at radius 1 is 0.536 bits per heavy atom. The van der Waals surface area contributed by atoms with E-state index < -0.39 is 0 Å². The zero-order valence-electron chi connectivity index (χ0n) is 16.1. The van der Waals surface area contributed by atoms with Crippen LogP contribution in [0.4, 0.5) is 0 Å². The third kappa shape index (κ3) is 4.41. The number of fused-ring (bicyclic) bond motifs is 1. The summed E-state index contributed by atoms with van der Waals surface area (Å²) in [6.07, 6.45) is 12.1. The van der Waals surface area contributed by atoms with Crippen molar-refractivity contribution >= 4 is 35.1 Å². The summed E-state index contributed by atoms with van der Waals surface area (Å²) in [4.78, 5) is 9.14. The molecule has 0 bridgehead atoms. The van der Waals surface area contributed by atoms with Gasteiger partial charge in [-0.2, -0.15) is 0 Å². The smallest absolute Gasteiger partial charge is 0.0636 e. The second-order valence-electron chi connectivity index (χ2n) is 7.05. The molecule has 0 N–H and O–H groups in total. The summed E-state index contributed by atoms with van der Waals surface area (Å²) < 4.78 is 0. The summed E-state index contributed by atoms with van der Waals surface area (Å²) in [5.74, 6) is 0. The van der Waals surface area contributed by atoms with Crippen molar-refractivity contribution < 1.29 is 0 Å². The molecule has 0 amide bonds. The molecular weight excluding hydrogens is 340 g/mol. The van der Waals surface area contributed by atoms with Gasteiger partial charge in [0.05, 0.1) is 11.4 Å². The van der Waals surface area contributed by atoms with Gasteiger partial charge in [0.2, 0.25) is 0 Å². The SMILES string of the molecule is Cc1ccc(/C=C/c2cc3cnc(/C=C/c4ccc(C)cc4)cc3cn2)cc1. The van der Waals surface area contributed by atoms with Gasteiger partial charge in [-0.25, -0.2) is 0 Å². The van der Waals surface area contributed by atoms with E-state index in [4.69, 9.17) is 0 Å². The lowest BCUT2D eigenvalue weighted by Crippen LogP contribution is -1.86. The van der Waals surface area contributed by atoms with Gasteiger partial charge in [-0.05, 0) is 49.3 Å². The fourth-order valence-electron chi connectivity index (χ4n) is 2.97. The first-order valence-electron chi connectivity index (χ1n) is 9.41. The summed E-state index contributed by atoms with van der Waals surface area (Å²) in [5.41, 5.74) is 6.72. The third-order valence-electron chi connectivity index (χ3n) is 4.69. The third-order valence-corrected chi connectivity index (χ3v) is 4.69. The van der Waals surface area contributed by atoms with Crippen molar-refractivity contribution in [1.29, 1.82) is 0 Å². The first-order chi connectivity index (χ1) is 13.7. The topological polar surface area (TPSA) is 25.8 Å². The second kappa shape index (κ2) is 8.01. The normalized spacial score (nSPS) is 11.6. The maximum Gasteiger partial charge on any atom is 0.0636 e. The molecule has 0 radical (unpaired) electrons. The van der Waals surface area contributed by atoms with E-state index in [0.29, 0.717) is 0 Å². The molecule has 0 saturated heterocycles. The number of aromatic nitrogens is 2. The molecule has 0 aliphatic rings. The zero-order valence-corrected chi connectivity index (χ0v) is 16.1. The Morgan fingerprint density at radius 3 is 1.32 bits per heavy atom. The molecule has 0 saturated carbocycles. The lowest BCUT2D eigenvalue weighted by Gasteiger charge is -2.01. The highest BCUT2D eigenvalue weighted by molar-refractivity contribution is 5.85. The van der Waals surface area contributed by atoms with Gasteiger partial charge in [0.1, 0.15) is 0 Å². The van der Waals surface area contributed by atoms with Crippen LogP contribution in [0.2, 0.25) is 0 Å². The fraction of sp³-hybridized carbons (Fsp3) is 0.0769. The van der Waals surface area contributed by atoms with Crippen LogP contribution < -0.4 is 0 Å². The molecular formula is C26H22N2. The first-order valence-corrected chi connectivity index (χ1v) is 9.41. The summed E-state index contributed by atoms with van der Waals surface area (Å²) >= 11 is 0. The van der Waals surface area contributed by atoms with Crippen molar-refractivity contribution in [2.45, 2.75) is 13.8 Å². The monoisotopic (exact) mass is 362 g/mol. The van der Waals surface area contributed by atoms with E-state index in [0.717, 1.165) is 22.2 Å². The predicted octanol–water partition coefficient (Wildman–Crippen LogP) is 6.59. The summed E-state index contributed by atoms with van der Waals surface area (Å²) in [6.45, 7) is 4.19. The predicted molar refractivity (Wildman–Crippen MR) is 120 cm³/mol. The number of rotatable bonds is 4. The number of pyridine rings is 2. The van der Waals surface area contributed by atoms with Gasteiger partial charge in [-0.3, -0.25) is 9.97 Å². The van der Waals surface area contributed by atoms with Crippen molar-refractivity contribution in [3.8, 4) is 0 Å². The molecule has 136 valence electrons. The molecule has 0 spiro atoms. The highest BCUT2D eigenvalue weighted by Gasteiger charge is 1.99. The minimum atomic E-state index is 0.929. The van der Waals surface area contributed by atoms with E-state index in [1.165, 1.54) is 22.3 Å². The van der Waals surface area contributed by atoms with Gasteiger partial charge >= 0.3 is 0 Å². The van der Waals surface area contributed by atoms with Crippen LogP contribution in [-0.2, 0) is 0 Å². The fourth-order valence-corrected chi connectivity index (χ4v) is 2.97. The van der Waals surface area contributed by atoms with E-state index in [2.05, 4.69) is 96.6 Å². The Hall–Kier alpha value is -3.52. The molecule has 2 aromatic carbocycles. The molecule has 0 atom stereocenters. The number of hydrogen-bond acceptors (Lipinski definition) is 2. The van der Waals surface area contributed by atoms with Gasteiger partial charge in [0.15, 0.2) is 0 Å². The van der Waals surface area contributed by atoms with Gasteiger partial charge in [0.25, 0.3) is 0 Å². The molecule has 0 unspecified atom stereocenters. The molecule has 0 aliphatic heterocycles. The lowest BCUT2D eigenvalue weighted by molar-refractivity contribution is 1.29. The quantitative estimate of drug-likeness (QED) is 0.409. The van der Waals surface area contributed by atoms with E-state index in [-0.39, 0.29) is 0 Å². The van der Waals surface area contributed by atoms with Crippen LogP contribution in [0.3, 0.4) is 0 Å². The standard InChI is InChI=1S/C26H22N2/c1-19-3-7-21(8-4-19)11-13-25-15-23-18-28-26(16-24(23)17-27-25)14-12-22-9-5-20(2)6-10-22/h3-18H,1-2H3/b13-11+,14-12+. The molecule has 0 aliphatic carbocycles. The Bertz CT molecular complexity index is 1060. The van der Waals surface area contributed by atoms with Gasteiger partial charge in [0, 0.05) is 23.2 Å². The summed E-state index contributed by atoms with van der Waals surface area (Å²) in [7, 11) is 0. The minimum Gasteiger partial charge on any atom is -0.256 e. The highest BCUT2D eigenvalue weighted by Crippen LogP contribution is 2.17. The molecule has 4 rings (SSSR count). The van der Waals surface area contributed by atoms with E-state index in [1.54, 1.807) is 0 Å². The number of nitrogens with zero attached hydrogens (tertiary/aromatic N) is 2. The van der Waals surface area contributed by atoms with Crippen molar-refractivity contribution in [3.63, 3.8) is 0 Å². The largest absolute Gasteiger partial charge is 0.256 e. The average Bonchev–Trinajstić information content (AvgIpc) is 2.73. The van der Waals surface area contributed by atoms with Crippen LogP contribution in [-0.4, -0.2) is 9.97 Å². The minimum absolute atomic E-state index is 0.929. The first kappa shape index (κ1) is 17.9. The van der Waals surface area contributed by atoms with Crippen molar-refractivity contribution in [2.75, 3.05) is 0 Å². The Balaban J connectivity index is 1.53. The van der Waals surface area contributed by atoms with E-state index >= 15 is 0 Å². The van der Waals surface area contributed by atoms with Gasteiger partial charge < -0.3 is 0 Å². The maximum atomic E-state index is 4.57. The molecule has 2 heterocycles. The van der Waals surface area contributed by atoms with E-state index in [1.807, 2.05) is 24.5 Å². The van der Waals surface area contributed by atoms with Crippen LogP contribution in [0.5, 0.6) is 0 Å². The average molecular weight is 362 g/mol. The van der Waals surface area contributed by atoms with Crippen molar-refractivity contribution in [3.05, 3.63) is 107 Å². The number of hydrogen-bond donors (Lipinski definition) is 0. The molecule has 2 heteroatoms. The number of aryl methyl sites for hydroxylation is 2. The van der Waals surface area contributed by atoms with Crippen LogP contribution >= 0.6 is 0 Å². The number of benzene rings is 2. The maximum absolute atomic E-state index is 4.57. The zero-order chi connectivity index (χ0) is 19.3. The van der Waals surface area contributed by atoms with Crippen molar-refractivity contribution in [2.24, 2.45) is 0 Å². The van der Waals surface area contributed by atoms with Crippen LogP contribution in [0, 0.1) is 13.8 Å². The molecule has 4 aromatic rings. The van der Waals surface area contributed by atoms with Crippen molar-refractivity contribution in [1.82, 2.24) is 9.97 Å². The molecule has 28 heavy (non-hydrogen) atoms. The van der Waals surface area contributed by atoms with Crippen LogP contribution in [0.25, 0.3) is 35.1 Å².